The van der Waals surface area contributed by atoms with Gasteiger partial charge in [0.2, 0.25) is 5.91 Å². The molecule has 1 aliphatic heterocycles. The highest BCUT2D eigenvalue weighted by atomic mass is 32.2. The predicted molar refractivity (Wildman–Crippen MR) is 166 cm³/mol. The third-order valence-electron chi connectivity index (χ3n) is 7.25. The van der Waals surface area contributed by atoms with E-state index < -0.39 is 39.9 Å². The molecule has 1 N–H and O–H groups in total. The molecule has 0 aromatic heterocycles. The first-order valence-corrected chi connectivity index (χ1v) is 15.4. The first-order valence-electron chi connectivity index (χ1n) is 14.4. The second-order valence-corrected chi connectivity index (χ2v) is 14.3. The first kappa shape index (κ1) is 32.5. The van der Waals surface area contributed by atoms with E-state index in [-0.39, 0.29) is 5.91 Å². The summed E-state index contributed by atoms with van der Waals surface area (Å²) in [6.45, 7) is 13.5. The molecule has 0 spiro atoms. The van der Waals surface area contributed by atoms with E-state index in [1.54, 1.807) is 37.4 Å². The van der Waals surface area contributed by atoms with Gasteiger partial charge in [0.1, 0.15) is 17.7 Å². The molecule has 8 heteroatoms. The van der Waals surface area contributed by atoms with Crippen LogP contribution < -0.4 is 5.32 Å². The van der Waals surface area contributed by atoms with Gasteiger partial charge in [-0.25, -0.2) is 9.59 Å². The van der Waals surface area contributed by atoms with E-state index in [1.807, 2.05) is 39.0 Å². The molecule has 224 valence electrons. The van der Waals surface area contributed by atoms with Crippen LogP contribution in [0.4, 0.5) is 4.79 Å². The molecule has 2 aromatic rings. The van der Waals surface area contributed by atoms with Crippen molar-refractivity contribution < 1.29 is 23.9 Å². The average molecular weight is 583 g/mol. The van der Waals surface area contributed by atoms with E-state index in [4.69, 9.17) is 9.47 Å². The van der Waals surface area contributed by atoms with Crippen molar-refractivity contribution in [3.63, 3.8) is 0 Å². The SMILES string of the molecule is CCCCSC1(c2ccc(-c3ccccc3)cc2)CC(C(=O)OC)N(C(=O)[C@@H](NC(=O)OC(C)(C)C)C(C)(C)C)C1. The van der Waals surface area contributed by atoms with Crippen molar-refractivity contribution >= 4 is 29.7 Å². The number of carbonyl (C=O) groups excluding carboxylic acids is 3. The average Bonchev–Trinajstić information content (AvgIpc) is 3.31. The van der Waals surface area contributed by atoms with Gasteiger partial charge in [-0.2, -0.15) is 0 Å². The van der Waals surface area contributed by atoms with Crippen LogP contribution in [0.15, 0.2) is 54.6 Å². The van der Waals surface area contributed by atoms with Crippen LogP contribution in [0.1, 0.15) is 73.3 Å². The highest BCUT2D eigenvalue weighted by Crippen LogP contribution is 2.48. The summed E-state index contributed by atoms with van der Waals surface area (Å²) >= 11 is 1.79. The molecule has 0 aliphatic carbocycles. The van der Waals surface area contributed by atoms with E-state index in [2.05, 4.69) is 48.6 Å². The van der Waals surface area contributed by atoms with Crippen LogP contribution >= 0.6 is 11.8 Å². The standard InChI is InChI=1S/C33H46N2O5S/c1-9-10-20-41-33(25-18-16-24(17-19-25)23-14-12-11-13-15-23)21-26(29(37)39-8)35(22-33)28(36)27(31(2,3)4)34-30(38)40-32(5,6)7/h11-19,26-27H,9-10,20-22H2,1-8H3,(H,34,38)/t26?,27-,33?/m1/s1. The number of ether oxygens (including phenoxy) is 2. The highest BCUT2D eigenvalue weighted by Gasteiger charge is 2.52. The third-order valence-corrected chi connectivity index (χ3v) is 8.83. The monoisotopic (exact) mass is 582 g/mol. The summed E-state index contributed by atoms with van der Waals surface area (Å²) in [4.78, 5) is 41.8. The Morgan fingerprint density at radius 1 is 1.00 bits per heavy atom. The van der Waals surface area contributed by atoms with Gasteiger partial charge in [0.05, 0.1) is 11.9 Å². The second kappa shape index (κ2) is 13.3. The highest BCUT2D eigenvalue weighted by molar-refractivity contribution is 8.00. The van der Waals surface area contributed by atoms with Crippen LogP contribution in [0.5, 0.6) is 0 Å². The summed E-state index contributed by atoms with van der Waals surface area (Å²) in [6.07, 6.45) is 1.83. The fraction of sp³-hybridized carbons (Fsp3) is 0.545. The van der Waals surface area contributed by atoms with Crippen molar-refractivity contribution in [1.82, 2.24) is 10.2 Å². The number of rotatable bonds is 9. The van der Waals surface area contributed by atoms with Crippen LogP contribution in [0.2, 0.25) is 0 Å². The van der Waals surface area contributed by atoms with Crippen LogP contribution in [0, 0.1) is 5.41 Å². The minimum absolute atomic E-state index is 0.322. The van der Waals surface area contributed by atoms with Gasteiger partial charge in [-0.3, -0.25) is 4.79 Å². The van der Waals surface area contributed by atoms with Gasteiger partial charge in [0, 0.05) is 6.54 Å². The Balaban J connectivity index is 2.00. The number of alkyl carbamates (subject to hydrolysis) is 1. The van der Waals surface area contributed by atoms with Crippen LogP contribution in [-0.2, 0) is 23.8 Å². The number of hydrogen-bond acceptors (Lipinski definition) is 6. The molecule has 2 unspecified atom stereocenters. The molecule has 0 saturated carbocycles. The van der Waals surface area contributed by atoms with Crippen molar-refractivity contribution in [2.75, 3.05) is 19.4 Å². The Morgan fingerprint density at radius 2 is 1.61 bits per heavy atom. The minimum atomic E-state index is -0.901. The molecule has 0 radical (unpaired) electrons. The van der Waals surface area contributed by atoms with Crippen molar-refractivity contribution in [2.24, 2.45) is 5.41 Å². The molecule has 1 aliphatic rings. The van der Waals surface area contributed by atoms with E-state index in [1.165, 1.54) is 7.11 Å². The van der Waals surface area contributed by atoms with Crippen LogP contribution in [0.3, 0.4) is 0 Å². The molecular weight excluding hydrogens is 536 g/mol. The summed E-state index contributed by atoms with van der Waals surface area (Å²) in [7, 11) is 1.35. The lowest BCUT2D eigenvalue weighted by Gasteiger charge is -2.36. The topological polar surface area (TPSA) is 84.9 Å². The minimum Gasteiger partial charge on any atom is -0.467 e. The number of benzene rings is 2. The van der Waals surface area contributed by atoms with E-state index >= 15 is 0 Å². The molecule has 2 aromatic carbocycles. The van der Waals surface area contributed by atoms with E-state index in [9.17, 15) is 14.4 Å². The number of nitrogens with one attached hydrogen (secondary N) is 1. The molecule has 7 nitrogen and oxygen atoms in total. The molecule has 2 amide bonds. The number of methoxy groups -OCH3 is 1. The zero-order chi connectivity index (χ0) is 30.4. The summed E-state index contributed by atoms with van der Waals surface area (Å²) in [5.41, 5.74) is 1.95. The van der Waals surface area contributed by atoms with Gasteiger partial charge in [-0.15, -0.1) is 11.8 Å². The number of unbranched alkanes of at least 4 members (excludes halogenated alkanes) is 1. The van der Waals surface area contributed by atoms with Gasteiger partial charge < -0.3 is 19.7 Å². The number of likely N-dealkylation sites (tertiary alicyclic amines) is 1. The Labute approximate surface area is 249 Å². The van der Waals surface area contributed by atoms with Gasteiger partial charge in [-0.05, 0) is 61.5 Å². The molecule has 0 bridgehead atoms. The summed E-state index contributed by atoms with van der Waals surface area (Å²) < 4.78 is 10.2. The smallest absolute Gasteiger partial charge is 0.408 e. The Kier molecular flexibility index (Phi) is 10.6. The molecule has 41 heavy (non-hydrogen) atoms. The maximum atomic E-state index is 14.3. The number of amides is 2. The number of thioether (sulfide) groups is 1. The van der Waals surface area contributed by atoms with Crippen molar-refractivity contribution in [1.29, 1.82) is 0 Å². The first-order chi connectivity index (χ1) is 19.2. The van der Waals surface area contributed by atoms with Crippen LogP contribution in [0.25, 0.3) is 11.1 Å². The van der Waals surface area contributed by atoms with Gasteiger partial charge in [-0.1, -0.05) is 88.7 Å². The summed E-state index contributed by atoms with van der Waals surface area (Å²) in [5, 5.41) is 2.80. The molecular formula is C33H46N2O5S. The summed E-state index contributed by atoms with van der Waals surface area (Å²) in [6, 6.07) is 16.9. The lowest BCUT2D eigenvalue weighted by atomic mass is 9.85. The summed E-state index contributed by atoms with van der Waals surface area (Å²) in [5.74, 6) is 0.117. The fourth-order valence-electron chi connectivity index (χ4n) is 5.10. The van der Waals surface area contributed by atoms with Crippen molar-refractivity contribution in [2.45, 2.75) is 90.2 Å². The number of hydrogen-bond donors (Lipinski definition) is 1. The van der Waals surface area contributed by atoms with Crippen molar-refractivity contribution in [3.8, 4) is 11.1 Å². The molecule has 3 rings (SSSR count). The Morgan fingerprint density at radius 3 is 2.15 bits per heavy atom. The predicted octanol–water partition coefficient (Wildman–Crippen LogP) is 6.80. The Hall–Kier alpha value is -3.00. The number of carbonyl (C=O) groups is 3. The second-order valence-electron chi connectivity index (χ2n) is 12.8. The van der Waals surface area contributed by atoms with E-state index in [0.717, 1.165) is 35.3 Å². The number of esters is 1. The molecule has 1 saturated heterocycles. The third kappa shape index (κ3) is 8.28. The van der Waals surface area contributed by atoms with Crippen LogP contribution in [-0.4, -0.2) is 60.0 Å². The van der Waals surface area contributed by atoms with Gasteiger partial charge >= 0.3 is 12.1 Å². The normalized spacial score (nSPS) is 19.9. The Bertz CT molecular complexity index is 1190. The molecule has 1 heterocycles. The zero-order valence-corrected chi connectivity index (χ0v) is 26.6. The number of nitrogens with zero attached hydrogens (tertiary/aromatic N) is 1. The largest absolute Gasteiger partial charge is 0.467 e. The lowest BCUT2D eigenvalue weighted by Crippen LogP contribution is -2.57. The quantitative estimate of drug-likeness (QED) is 0.259. The fourth-order valence-corrected chi connectivity index (χ4v) is 6.73. The maximum Gasteiger partial charge on any atom is 0.408 e. The van der Waals surface area contributed by atoms with Gasteiger partial charge in [0.25, 0.3) is 0 Å². The van der Waals surface area contributed by atoms with Crippen molar-refractivity contribution in [3.05, 3.63) is 60.2 Å². The van der Waals surface area contributed by atoms with E-state index in [0.29, 0.717) is 13.0 Å². The van der Waals surface area contributed by atoms with Gasteiger partial charge in [0.15, 0.2) is 0 Å². The lowest BCUT2D eigenvalue weighted by molar-refractivity contribution is -0.152. The molecule has 1 fully saturated rings. The maximum absolute atomic E-state index is 14.3. The molecule has 3 atom stereocenters. The zero-order valence-electron chi connectivity index (χ0n) is 25.8.